The van der Waals surface area contributed by atoms with Gasteiger partial charge in [-0.1, -0.05) is 0 Å². The molecule has 76 valence electrons. The number of hydrogen-bond donors (Lipinski definition) is 1. The van der Waals surface area contributed by atoms with E-state index in [-0.39, 0.29) is 5.91 Å². The molecular formula is C11H11N3O. The lowest BCUT2D eigenvalue weighted by Gasteiger charge is -2.02. The van der Waals surface area contributed by atoms with Crippen LogP contribution in [0.3, 0.4) is 0 Å². The number of fused-ring (bicyclic) bond motifs is 1. The maximum Gasteiger partial charge on any atom is 0.222 e. The fourth-order valence-electron chi connectivity index (χ4n) is 1.34. The SMILES string of the molecule is CC(=O)Nc1ccc2ccc(C)nc2n1. The molecule has 1 amide bonds. The Morgan fingerprint density at radius 3 is 2.67 bits per heavy atom. The molecule has 0 radical (unpaired) electrons. The van der Waals surface area contributed by atoms with E-state index in [1.54, 1.807) is 6.07 Å². The summed E-state index contributed by atoms with van der Waals surface area (Å²) in [6, 6.07) is 7.55. The van der Waals surface area contributed by atoms with Gasteiger partial charge in [0.1, 0.15) is 5.82 Å². The van der Waals surface area contributed by atoms with E-state index in [2.05, 4.69) is 15.3 Å². The molecule has 15 heavy (non-hydrogen) atoms. The Morgan fingerprint density at radius 1 is 1.20 bits per heavy atom. The van der Waals surface area contributed by atoms with Crippen LogP contribution in [0.1, 0.15) is 12.6 Å². The zero-order valence-electron chi connectivity index (χ0n) is 8.61. The minimum Gasteiger partial charge on any atom is -0.311 e. The van der Waals surface area contributed by atoms with Crippen LogP contribution in [-0.4, -0.2) is 15.9 Å². The first-order valence-corrected chi connectivity index (χ1v) is 4.67. The minimum absolute atomic E-state index is 0.130. The zero-order chi connectivity index (χ0) is 10.8. The molecule has 2 rings (SSSR count). The Bertz CT molecular complexity index is 522. The molecule has 0 spiro atoms. The summed E-state index contributed by atoms with van der Waals surface area (Å²) in [5, 5.41) is 3.59. The lowest BCUT2D eigenvalue weighted by molar-refractivity contribution is -0.114. The number of rotatable bonds is 1. The highest BCUT2D eigenvalue weighted by molar-refractivity contribution is 5.89. The fraction of sp³-hybridized carbons (Fsp3) is 0.182. The first kappa shape index (κ1) is 9.58. The van der Waals surface area contributed by atoms with Crippen molar-refractivity contribution in [3.05, 3.63) is 30.0 Å². The summed E-state index contributed by atoms with van der Waals surface area (Å²) in [6.45, 7) is 3.36. The molecule has 0 bridgehead atoms. The smallest absolute Gasteiger partial charge is 0.222 e. The lowest BCUT2D eigenvalue weighted by atomic mass is 10.2. The topological polar surface area (TPSA) is 54.9 Å². The third-order valence-electron chi connectivity index (χ3n) is 2.00. The molecule has 4 nitrogen and oxygen atoms in total. The van der Waals surface area contributed by atoms with E-state index in [0.29, 0.717) is 11.5 Å². The molecule has 0 aliphatic carbocycles. The molecule has 1 N–H and O–H groups in total. The van der Waals surface area contributed by atoms with Crippen molar-refractivity contribution in [2.24, 2.45) is 0 Å². The maximum atomic E-state index is 10.8. The normalized spacial score (nSPS) is 10.3. The molecule has 2 heterocycles. The van der Waals surface area contributed by atoms with Crippen LogP contribution in [0.5, 0.6) is 0 Å². The zero-order valence-corrected chi connectivity index (χ0v) is 8.61. The molecule has 0 aliphatic heterocycles. The predicted molar refractivity (Wildman–Crippen MR) is 58.6 cm³/mol. The number of pyridine rings is 2. The molecule has 0 saturated heterocycles. The summed E-state index contributed by atoms with van der Waals surface area (Å²) < 4.78 is 0. The Labute approximate surface area is 87.4 Å². The standard InChI is InChI=1S/C11H11N3O/c1-7-3-4-9-5-6-10(13-8(2)15)14-11(9)12-7/h3-6H,1-2H3,(H,12,13,14,15). The van der Waals surface area contributed by atoms with Gasteiger partial charge in [-0.25, -0.2) is 9.97 Å². The second-order valence-electron chi connectivity index (χ2n) is 3.38. The van der Waals surface area contributed by atoms with Crippen molar-refractivity contribution in [2.45, 2.75) is 13.8 Å². The number of carbonyl (C=O) groups excluding carboxylic acids is 1. The molecule has 0 aliphatic rings. The van der Waals surface area contributed by atoms with Gasteiger partial charge in [-0.05, 0) is 31.2 Å². The van der Waals surface area contributed by atoms with Gasteiger partial charge in [0.05, 0.1) is 0 Å². The molecule has 0 atom stereocenters. The number of nitrogens with one attached hydrogen (secondary N) is 1. The highest BCUT2D eigenvalue weighted by Crippen LogP contribution is 2.13. The van der Waals surface area contributed by atoms with Gasteiger partial charge in [0, 0.05) is 18.0 Å². The van der Waals surface area contributed by atoms with Crippen molar-refractivity contribution in [3.63, 3.8) is 0 Å². The highest BCUT2D eigenvalue weighted by Gasteiger charge is 2.00. The molecule has 4 heteroatoms. The van der Waals surface area contributed by atoms with Crippen LogP contribution in [0.25, 0.3) is 11.0 Å². The monoisotopic (exact) mass is 201 g/mol. The van der Waals surface area contributed by atoms with Crippen LogP contribution in [0.15, 0.2) is 24.3 Å². The van der Waals surface area contributed by atoms with E-state index in [9.17, 15) is 4.79 Å². The van der Waals surface area contributed by atoms with Gasteiger partial charge in [0.2, 0.25) is 5.91 Å². The number of anilines is 1. The van der Waals surface area contributed by atoms with E-state index in [1.165, 1.54) is 6.92 Å². The average molecular weight is 201 g/mol. The Balaban J connectivity index is 2.49. The van der Waals surface area contributed by atoms with Crippen LogP contribution in [0.4, 0.5) is 5.82 Å². The number of hydrogen-bond acceptors (Lipinski definition) is 3. The Morgan fingerprint density at radius 2 is 1.93 bits per heavy atom. The molecule has 0 unspecified atom stereocenters. The fourth-order valence-corrected chi connectivity index (χ4v) is 1.34. The summed E-state index contributed by atoms with van der Waals surface area (Å²) in [7, 11) is 0. The van der Waals surface area contributed by atoms with Gasteiger partial charge < -0.3 is 5.32 Å². The van der Waals surface area contributed by atoms with Crippen LogP contribution in [-0.2, 0) is 4.79 Å². The first-order valence-electron chi connectivity index (χ1n) is 4.67. The molecule has 2 aromatic heterocycles. The van der Waals surface area contributed by atoms with Crippen molar-refractivity contribution in [3.8, 4) is 0 Å². The van der Waals surface area contributed by atoms with E-state index in [4.69, 9.17) is 0 Å². The van der Waals surface area contributed by atoms with Crippen molar-refractivity contribution in [1.29, 1.82) is 0 Å². The maximum absolute atomic E-state index is 10.8. The van der Waals surface area contributed by atoms with E-state index in [0.717, 1.165) is 11.1 Å². The third kappa shape index (κ3) is 2.10. The van der Waals surface area contributed by atoms with Gasteiger partial charge in [-0.2, -0.15) is 0 Å². The highest BCUT2D eigenvalue weighted by atomic mass is 16.1. The Kier molecular flexibility index (Phi) is 2.33. The van der Waals surface area contributed by atoms with Gasteiger partial charge in [-0.3, -0.25) is 4.79 Å². The van der Waals surface area contributed by atoms with Gasteiger partial charge in [0.25, 0.3) is 0 Å². The van der Waals surface area contributed by atoms with Crippen LogP contribution in [0, 0.1) is 6.92 Å². The number of amides is 1. The summed E-state index contributed by atoms with van der Waals surface area (Å²) in [4.78, 5) is 19.4. The number of aromatic nitrogens is 2. The second-order valence-corrected chi connectivity index (χ2v) is 3.38. The van der Waals surface area contributed by atoms with Crippen molar-refractivity contribution < 1.29 is 4.79 Å². The summed E-state index contributed by atoms with van der Waals surface area (Å²) in [5.41, 5.74) is 1.57. The number of nitrogens with zero attached hydrogens (tertiary/aromatic N) is 2. The molecule has 0 saturated carbocycles. The number of carbonyl (C=O) groups is 1. The van der Waals surface area contributed by atoms with Crippen molar-refractivity contribution in [1.82, 2.24) is 9.97 Å². The van der Waals surface area contributed by atoms with Crippen LogP contribution in [0.2, 0.25) is 0 Å². The summed E-state index contributed by atoms with van der Waals surface area (Å²) >= 11 is 0. The Hall–Kier alpha value is -1.97. The van der Waals surface area contributed by atoms with Crippen molar-refractivity contribution >= 4 is 22.8 Å². The lowest BCUT2D eigenvalue weighted by Crippen LogP contribution is -2.07. The van der Waals surface area contributed by atoms with Crippen LogP contribution < -0.4 is 5.32 Å². The molecule has 0 aromatic carbocycles. The summed E-state index contributed by atoms with van der Waals surface area (Å²) in [6.07, 6.45) is 0. The average Bonchev–Trinajstić information content (AvgIpc) is 2.16. The largest absolute Gasteiger partial charge is 0.311 e. The molecule has 2 aromatic rings. The van der Waals surface area contributed by atoms with Crippen LogP contribution >= 0.6 is 0 Å². The predicted octanol–water partition coefficient (Wildman–Crippen LogP) is 1.90. The van der Waals surface area contributed by atoms with E-state index < -0.39 is 0 Å². The van der Waals surface area contributed by atoms with Gasteiger partial charge in [-0.15, -0.1) is 0 Å². The van der Waals surface area contributed by atoms with E-state index in [1.807, 2.05) is 25.1 Å². The second kappa shape index (κ2) is 3.65. The molecular weight excluding hydrogens is 190 g/mol. The quantitative estimate of drug-likeness (QED) is 0.766. The number of aryl methyl sites for hydroxylation is 1. The van der Waals surface area contributed by atoms with Crippen molar-refractivity contribution in [2.75, 3.05) is 5.32 Å². The van der Waals surface area contributed by atoms with E-state index >= 15 is 0 Å². The molecule has 0 fully saturated rings. The first-order chi connectivity index (χ1) is 7.15. The summed E-state index contributed by atoms with van der Waals surface area (Å²) in [5.74, 6) is 0.405. The minimum atomic E-state index is -0.130. The van der Waals surface area contributed by atoms with Gasteiger partial charge in [0.15, 0.2) is 5.65 Å². The third-order valence-corrected chi connectivity index (χ3v) is 2.00. The van der Waals surface area contributed by atoms with Gasteiger partial charge >= 0.3 is 0 Å².